The Kier molecular flexibility index (Phi) is 6.41. The number of carbonyl (C=O) groups is 1. The minimum atomic E-state index is -0.205. The number of fused-ring (bicyclic) bond motifs is 1. The number of aromatic nitrogens is 2. The van der Waals surface area contributed by atoms with Gasteiger partial charge in [-0.2, -0.15) is 0 Å². The number of imidazole rings is 1. The number of anilines is 1. The standard InChI is InChI=1S/C21H24ClN3O3/c1-3-13-28-19-10-9-15(22)14-16(19)23-20(26)11-12-25-18-8-6-5-7-17(18)24(4-2)21(25)27/h5-10,14H,3-4,11-13H2,1-2H3,(H,23,26). The number of hydrogen-bond donors (Lipinski definition) is 1. The molecule has 1 heterocycles. The maximum absolute atomic E-state index is 12.7. The van der Waals surface area contributed by atoms with E-state index < -0.39 is 0 Å². The molecule has 0 aliphatic carbocycles. The lowest BCUT2D eigenvalue weighted by atomic mass is 10.2. The van der Waals surface area contributed by atoms with Crippen LogP contribution in [-0.4, -0.2) is 21.6 Å². The molecule has 0 saturated carbocycles. The average Bonchev–Trinajstić information content (AvgIpc) is 2.96. The van der Waals surface area contributed by atoms with Crippen molar-refractivity contribution in [2.45, 2.75) is 39.8 Å². The number of hydrogen-bond acceptors (Lipinski definition) is 3. The number of nitrogens with one attached hydrogen (secondary N) is 1. The Bertz CT molecular complexity index is 1040. The van der Waals surface area contributed by atoms with Crippen LogP contribution in [0.4, 0.5) is 5.69 Å². The zero-order chi connectivity index (χ0) is 20.1. The molecule has 1 aromatic heterocycles. The fraction of sp³-hybridized carbons (Fsp3) is 0.333. The van der Waals surface area contributed by atoms with E-state index in [2.05, 4.69) is 5.32 Å². The molecule has 3 rings (SSSR count). The molecule has 0 saturated heterocycles. The van der Waals surface area contributed by atoms with E-state index in [0.717, 1.165) is 17.5 Å². The zero-order valence-electron chi connectivity index (χ0n) is 16.1. The van der Waals surface area contributed by atoms with E-state index in [1.807, 2.05) is 38.1 Å². The number of benzene rings is 2. The monoisotopic (exact) mass is 401 g/mol. The van der Waals surface area contributed by atoms with Gasteiger partial charge in [-0.25, -0.2) is 4.79 Å². The Balaban J connectivity index is 1.76. The van der Waals surface area contributed by atoms with E-state index in [-0.39, 0.29) is 18.0 Å². The van der Waals surface area contributed by atoms with E-state index in [1.54, 1.807) is 27.3 Å². The van der Waals surface area contributed by atoms with Crippen LogP contribution in [0, 0.1) is 0 Å². The summed E-state index contributed by atoms with van der Waals surface area (Å²) in [4.78, 5) is 25.2. The molecule has 7 heteroatoms. The van der Waals surface area contributed by atoms with E-state index in [1.165, 1.54) is 0 Å². The average molecular weight is 402 g/mol. The molecule has 0 atom stereocenters. The Labute approximate surface area is 168 Å². The Morgan fingerprint density at radius 2 is 1.82 bits per heavy atom. The van der Waals surface area contributed by atoms with Crippen molar-refractivity contribution in [2.24, 2.45) is 0 Å². The SMILES string of the molecule is CCCOc1ccc(Cl)cc1NC(=O)CCn1c(=O)n(CC)c2ccccc21. The van der Waals surface area contributed by atoms with Crippen molar-refractivity contribution in [1.82, 2.24) is 9.13 Å². The number of ether oxygens (including phenoxy) is 1. The normalized spacial score (nSPS) is 11.0. The van der Waals surface area contributed by atoms with Gasteiger partial charge in [-0.05, 0) is 43.7 Å². The first-order chi connectivity index (χ1) is 13.5. The number of carbonyl (C=O) groups excluding carboxylic acids is 1. The van der Waals surface area contributed by atoms with Gasteiger partial charge in [0.2, 0.25) is 5.91 Å². The van der Waals surface area contributed by atoms with Gasteiger partial charge in [-0.15, -0.1) is 0 Å². The smallest absolute Gasteiger partial charge is 0.329 e. The van der Waals surface area contributed by atoms with Gasteiger partial charge < -0.3 is 10.1 Å². The van der Waals surface area contributed by atoms with Crippen molar-refractivity contribution < 1.29 is 9.53 Å². The van der Waals surface area contributed by atoms with Crippen molar-refractivity contribution >= 4 is 34.2 Å². The summed E-state index contributed by atoms with van der Waals surface area (Å²) >= 11 is 6.06. The van der Waals surface area contributed by atoms with Crippen LogP contribution in [-0.2, 0) is 17.9 Å². The molecule has 0 aliphatic heterocycles. The lowest BCUT2D eigenvalue weighted by Gasteiger charge is -2.12. The highest BCUT2D eigenvalue weighted by atomic mass is 35.5. The van der Waals surface area contributed by atoms with Gasteiger partial charge in [0.25, 0.3) is 0 Å². The second kappa shape index (κ2) is 8.97. The van der Waals surface area contributed by atoms with Crippen LogP contribution in [0.25, 0.3) is 11.0 Å². The molecule has 1 amide bonds. The third-order valence-electron chi connectivity index (χ3n) is 4.48. The number of amides is 1. The third kappa shape index (κ3) is 4.22. The maximum atomic E-state index is 12.7. The summed E-state index contributed by atoms with van der Waals surface area (Å²) in [5, 5.41) is 3.36. The van der Waals surface area contributed by atoms with E-state index in [0.29, 0.717) is 36.2 Å². The Hall–Kier alpha value is -2.73. The van der Waals surface area contributed by atoms with Gasteiger partial charge in [-0.3, -0.25) is 13.9 Å². The second-order valence-corrected chi connectivity index (χ2v) is 6.89. The van der Waals surface area contributed by atoms with E-state index >= 15 is 0 Å². The number of aryl methyl sites for hydroxylation is 2. The molecule has 1 N–H and O–H groups in total. The molecule has 6 nitrogen and oxygen atoms in total. The van der Waals surface area contributed by atoms with E-state index in [9.17, 15) is 9.59 Å². The van der Waals surface area contributed by atoms with Crippen molar-refractivity contribution in [1.29, 1.82) is 0 Å². The van der Waals surface area contributed by atoms with Gasteiger partial charge in [-0.1, -0.05) is 30.7 Å². The zero-order valence-corrected chi connectivity index (χ0v) is 16.8. The summed E-state index contributed by atoms with van der Waals surface area (Å²) in [5.74, 6) is 0.378. The molecule has 0 aliphatic rings. The summed E-state index contributed by atoms with van der Waals surface area (Å²) in [6.07, 6.45) is 1.03. The predicted molar refractivity (Wildman–Crippen MR) is 112 cm³/mol. The summed E-state index contributed by atoms with van der Waals surface area (Å²) in [6.45, 7) is 5.38. The molecule has 28 heavy (non-hydrogen) atoms. The number of para-hydroxylation sites is 2. The van der Waals surface area contributed by atoms with Crippen molar-refractivity contribution in [2.75, 3.05) is 11.9 Å². The van der Waals surface area contributed by atoms with E-state index in [4.69, 9.17) is 16.3 Å². The fourth-order valence-electron chi connectivity index (χ4n) is 3.16. The molecule has 148 valence electrons. The molecule has 3 aromatic rings. The van der Waals surface area contributed by atoms with Crippen LogP contribution in [0.3, 0.4) is 0 Å². The van der Waals surface area contributed by atoms with Crippen molar-refractivity contribution in [3.8, 4) is 5.75 Å². The third-order valence-corrected chi connectivity index (χ3v) is 4.72. The van der Waals surface area contributed by atoms with Gasteiger partial charge in [0.1, 0.15) is 5.75 Å². The van der Waals surface area contributed by atoms with Crippen LogP contribution in [0.2, 0.25) is 5.02 Å². The number of rotatable bonds is 8. The van der Waals surface area contributed by atoms with Gasteiger partial charge in [0.05, 0.1) is 23.3 Å². The van der Waals surface area contributed by atoms with Crippen molar-refractivity contribution in [3.05, 3.63) is 58.0 Å². The highest BCUT2D eigenvalue weighted by Crippen LogP contribution is 2.28. The summed E-state index contributed by atoms with van der Waals surface area (Å²) < 4.78 is 9.02. The Morgan fingerprint density at radius 1 is 1.11 bits per heavy atom. The minimum absolute atomic E-state index is 0.105. The highest BCUT2D eigenvalue weighted by molar-refractivity contribution is 6.31. The lowest BCUT2D eigenvalue weighted by Crippen LogP contribution is -2.25. The minimum Gasteiger partial charge on any atom is -0.491 e. The molecule has 0 bridgehead atoms. The molecular formula is C21H24ClN3O3. The predicted octanol–water partition coefficient (Wildman–Crippen LogP) is 4.29. The molecule has 0 unspecified atom stereocenters. The molecule has 0 radical (unpaired) electrons. The highest BCUT2D eigenvalue weighted by Gasteiger charge is 2.14. The first-order valence-corrected chi connectivity index (χ1v) is 9.83. The second-order valence-electron chi connectivity index (χ2n) is 6.45. The van der Waals surface area contributed by atoms with Crippen LogP contribution in [0.15, 0.2) is 47.3 Å². The number of halogens is 1. The van der Waals surface area contributed by atoms with Crippen LogP contribution < -0.4 is 15.7 Å². The first-order valence-electron chi connectivity index (χ1n) is 9.45. The molecule has 0 fully saturated rings. The topological polar surface area (TPSA) is 65.3 Å². The van der Waals surface area contributed by atoms with Gasteiger partial charge in [0.15, 0.2) is 0 Å². The first kappa shape index (κ1) is 20.0. The van der Waals surface area contributed by atoms with Crippen LogP contribution in [0.1, 0.15) is 26.7 Å². The largest absolute Gasteiger partial charge is 0.491 e. The maximum Gasteiger partial charge on any atom is 0.329 e. The number of nitrogens with zero attached hydrogens (tertiary/aromatic N) is 2. The van der Waals surface area contributed by atoms with Gasteiger partial charge in [0, 0.05) is 24.5 Å². The van der Waals surface area contributed by atoms with Crippen LogP contribution in [0.5, 0.6) is 5.75 Å². The lowest BCUT2D eigenvalue weighted by molar-refractivity contribution is -0.116. The summed E-state index contributed by atoms with van der Waals surface area (Å²) in [7, 11) is 0. The molecule has 2 aromatic carbocycles. The molecule has 0 spiro atoms. The summed E-state index contributed by atoms with van der Waals surface area (Å²) in [5.41, 5.74) is 2.14. The fourth-order valence-corrected chi connectivity index (χ4v) is 3.33. The quantitative estimate of drug-likeness (QED) is 0.612. The molecular weight excluding hydrogens is 378 g/mol. The summed E-state index contributed by atoms with van der Waals surface area (Å²) in [6, 6.07) is 12.7. The Morgan fingerprint density at radius 3 is 2.50 bits per heavy atom. The van der Waals surface area contributed by atoms with Crippen molar-refractivity contribution in [3.63, 3.8) is 0 Å². The van der Waals surface area contributed by atoms with Crippen LogP contribution >= 0.6 is 11.6 Å². The van der Waals surface area contributed by atoms with Gasteiger partial charge >= 0.3 is 5.69 Å².